The number of hydrogen-bond acceptors (Lipinski definition) is 2. The van der Waals surface area contributed by atoms with Crippen LogP contribution < -0.4 is 0 Å². The first-order valence-corrected chi connectivity index (χ1v) is 5.07. The summed E-state index contributed by atoms with van der Waals surface area (Å²) in [6.07, 6.45) is 4.30. The highest BCUT2D eigenvalue weighted by Crippen LogP contribution is 2.27. The van der Waals surface area contributed by atoms with Gasteiger partial charge in [-0.05, 0) is 39.5 Å². The van der Waals surface area contributed by atoms with Crippen LogP contribution in [0.2, 0.25) is 0 Å². The minimum atomic E-state index is -1.05. The van der Waals surface area contributed by atoms with E-state index in [0.717, 1.165) is 0 Å². The molecule has 0 bridgehead atoms. The van der Waals surface area contributed by atoms with Crippen LogP contribution in [-0.2, 0) is 11.4 Å². The van der Waals surface area contributed by atoms with Crippen LogP contribution in [0.3, 0.4) is 0 Å². The van der Waals surface area contributed by atoms with E-state index in [4.69, 9.17) is 0 Å². The largest absolute Gasteiger partial charge is 0.591 e. The van der Waals surface area contributed by atoms with Crippen molar-refractivity contribution in [3.63, 3.8) is 0 Å². The predicted molar refractivity (Wildman–Crippen MR) is 49.1 cm³/mol. The highest BCUT2D eigenvalue weighted by atomic mass is 32.2. The summed E-state index contributed by atoms with van der Waals surface area (Å²) in [7, 11) is 0. The highest BCUT2D eigenvalue weighted by Gasteiger charge is 2.27. The van der Waals surface area contributed by atoms with Crippen LogP contribution in [0.4, 0.5) is 0 Å². The number of hydrogen-bond donors (Lipinski definition) is 0. The molecule has 0 N–H and O–H groups in total. The molecular formula is C8H15NOS. The van der Waals surface area contributed by atoms with E-state index in [0.29, 0.717) is 5.92 Å². The van der Waals surface area contributed by atoms with Gasteiger partial charge >= 0.3 is 0 Å². The SMILES string of the molecule is CC(C)(C)[S+]([O-])/N=C\C1CC1. The molecule has 0 aromatic heterocycles. The molecule has 3 heteroatoms. The molecule has 1 unspecified atom stereocenters. The monoisotopic (exact) mass is 173 g/mol. The minimum absolute atomic E-state index is 0.203. The third-order valence-electron chi connectivity index (χ3n) is 1.51. The molecule has 1 rings (SSSR count). The van der Waals surface area contributed by atoms with E-state index in [1.54, 1.807) is 0 Å². The Morgan fingerprint density at radius 1 is 1.45 bits per heavy atom. The van der Waals surface area contributed by atoms with Gasteiger partial charge in [-0.15, -0.1) is 0 Å². The fraction of sp³-hybridized carbons (Fsp3) is 0.875. The van der Waals surface area contributed by atoms with Crippen molar-refractivity contribution >= 4 is 17.6 Å². The Morgan fingerprint density at radius 2 is 2.00 bits per heavy atom. The fourth-order valence-electron chi connectivity index (χ4n) is 0.545. The van der Waals surface area contributed by atoms with Crippen LogP contribution in [0.1, 0.15) is 33.6 Å². The Bertz CT molecular complexity index is 158. The van der Waals surface area contributed by atoms with Crippen molar-refractivity contribution < 1.29 is 4.55 Å². The van der Waals surface area contributed by atoms with E-state index in [2.05, 4.69) is 4.40 Å². The highest BCUT2D eigenvalue weighted by molar-refractivity contribution is 7.91. The van der Waals surface area contributed by atoms with Gasteiger partial charge < -0.3 is 4.55 Å². The van der Waals surface area contributed by atoms with Crippen molar-refractivity contribution in [3.05, 3.63) is 0 Å². The van der Waals surface area contributed by atoms with Gasteiger partial charge in [0, 0.05) is 0 Å². The molecule has 1 atom stereocenters. The van der Waals surface area contributed by atoms with Crippen molar-refractivity contribution in [1.82, 2.24) is 0 Å². The van der Waals surface area contributed by atoms with E-state index in [9.17, 15) is 4.55 Å². The lowest BCUT2D eigenvalue weighted by Crippen LogP contribution is -2.25. The first-order valence-electron chi connectivity index (χ1n) is 3.96. The molecule has 0 aliphatic heterocycles. The Hall–Kier alpha value is -0.0200. The van der Waals surface area contributed by atoms with Crippen LogP contribution in [0.5, 0.6) is 0 Å². The first-order chi connectivity index (χ1) is 5.00. The molecule has 0 radical (unpaired) electrons. The summed E-state index contributed by atoms with van der Waals surface area (Å²) >= 11 is -1.05. The molecule has 11 heavy (non-hydrogen) atoms. The summed E-state index contributed by atoms with van der Waals surface area (Å²) in [5.41, 5.74) is 0. The normalized spacial score (nSPS) is 22.5. The van der Waals surface area contributed by atoms with Crippen LogP contribution in [0, 0.1) is 5.92 Å². The quantitative estimate of drug-likeness (QED) is 0.464. The van der Waals surface area contributed by atoms with Gasteiger partial charge in [-0.3, -0.25) is 0 Å². The lowest BCUT2D eigenvalue weighted by molar-refractivity contribution is 0.561. The summed E-state index contributed by atoms with van der Waals surface area (Å²) < 4.78 is 15.1. The van der Waals surface area contributed by atoms with Crippen LogP contribution >= 0.6 is 0 Å². The molecule has 0 heterocycles. The standard InChI is InChI=1S/C8H15NOS/c1-8(2,3)11(10)9-6-7-4-5-7/h6-7H,4-5H2,1-3H3/b9-6-. The van der Waals surface area contributed by atoms with Crippen molar-refractivity contribution in [1.29, 1.82) is 0 Å². The van der Waals surface area contributed by atoms with Gasteiger partial charge in [0.2, 0.25) is 0 Å². The lowest BCUT2D eigenvalue weighted by Gasteiger charge is -2.17. The summed E-state index contributed by atoms with van der Waals surface area (Å²) in [5.74, 6) is 0.626. The molecule has 0 spiro atoms. The number of rotatable bonds is 2. The van der Waals surface area contributed by atoms with Crippen molar-refractivity contribution in [2.45, 2.75) is 38.4 Å². The average molecular weight is 173 g/mol. The Morgan fingerprint density at radius 3 is 2.36 bits per heavy atom. The summed E-state index contributed by atoms with van der Waals surface area (Å²) in [6.45, 7) is 5.81. The van der Waals surface area contributed by atoms with Crippen LogP contribution in [0.15, 0.2) is 4.40 Å². The van der Waals surface area contributed by atoms with E-state index in [1.807, 2.05) is 27.0 Å². The van der Waals surface area contributed by atoms with E-state index < -0.39 is 11.4 Å². The van der Waals surface area contributed by atoms with E-state index in [-0.39, 0.29) is 4.75 Å². The van der Waals surface area contributed by atoms with Crippen LogP contribution in [-0.4, -0.2) is 15.5 Å². The van der Waals surface area contributed by atoms with Crippen LogP contribution in [0.25, 0.3) is 0 Å². The molecule has 1 fully saturated rings. The molecule has 0 saturated heterocycles. The van der Waals surface area contributed by atoms with E-state index in [1.165, 1.54) is 12.8 Å². The zero-order valence-corrected chi connectivity index (χ0v) is 8.15. The average Bonchev–Trinajstić information content (AvgIpc) is 2.62. The Labute approximate surface area is 71.4 Å². The zero-order chi connectivity index (χ0) is 8.48. The summed E-state index contributed by atoms with van der Waals surface area (Å²) in [6, 6.07) is 0. The first kappa shape index (κ1) is 9.07. The van der Waals surface area contributed by atoms with Crippen molar-refractivity contribution in [2.75, 3.05) is 0 Å². The smallest absolute Gasteiger partial charge is 0.144 e. The maximum absolute atomic E-state index is 11.3. The third-order valence-corrected chi connectivity index (χ3v) is 2.87. The minimum Gasteiger partial charge on any atom is -0.591 e. The molecule has 64 valence electrons. The Balaban J connectivity index is 2.34. The van der Waals surface area contributed by atoms with E-state index >= 15 is 0 Å². The molecular weight excluding hydrogens is 158 g/mol. The second-order valence-corrected chi connectivity index (χ2v) is 5.89. The van der Waals surface area contributed by atoms with Crippen molar-refractivity contribution in [3.8, 4) is 0 Å². The van der Waals surface area contributed by atoms with Gasteiger partial charge in [0.1, 0.15) is 16.1 Å². The van der Waals surface area contributed by atoms with Gasteiger partial charge in [-0.25, -0.2) is 0 Å². The second kappa shape index (κ2) is 3.15. The molecule has 1 saturated carbocycles. The molecule has 2 nitrogen and oxygen atoms in total. The van der Waals surface area contributed by atoms with Gasteiger partial charge in [0.15, 0.2) is 0 Å². The molecule has 1 aliphatic rings. The maximum Gasteiger partial charge on any atom is 0.144 e. The number of nitrogens with zero attached hydrogens (tertiary/aromatic N) is 1. The second-order valence-electron chi connectivity index (χ2n) is 3.95. The molecule has 0 aromatic rings. The summed E-state index contributed by atoms with van der Waals surface area (Å²) in [5, 5.41) is 0. The molecule has 0 amide bonds. The fourth-order valence-corrected chi connectivity index (χ4v) is 1.14. The van der Waals surface area contributed by atoms with Gasteiger partial charge in [0.05, 0.1) is 6.21 Å². The predicted octanol–water partition coefficient (Wildman–Crippen LogP) is 1.93. The lowest BCUT2D eigenvalue weighted by atomic mass is 10.3. The van der Waals surface area contributed by atoms with Gasteiger partial charge in [-0.1, -0.05) is 4.40 Å². The molecule has 1 aliphatic carbocycles. The van der Waals surface area contributed by atoms with Gasteiger partial charge in [-0.2, -0.15) is 0 Å². The Kier molecular flexibility index (Phi) is 2.60. The zero-order valence-electron chi connectivity index (χ0n) is 7.33. The molecule has 0 aromatic carbocycles. The third kappa shape index (κ3) is 3.25. The topological polar surface area (TPSA) is 35.4 Å². The summed E-state index contributed by atoms with van der Waals surface area (Å²) in [4.78, 5) is 0. The van der Waals surface area contributed by atoms with Gasteiger partial charge in [0.25, 0.3) is 0 Å². The van der Waals surface area contributed by atoms with Crippen molar-refractivity contribution in [2.24, 2.45) is 10.3 Å². The maximum atomic E-state index is 11.3.